The van der Waals surface area contributed by atoms with Crippen LogP contribution in [0.2, 0.25) is 0 Å². The lowest BCUT2D eigenvalue weighted by Crippen LogP contribution is -2.22. The molecule has 0 aromatic carbocycles. The molecule has 2 aromatic heterocycles. The molecule has 0 amide bonds. The number of allylic oxidation sites excluding steroid dienone is 2. The third kappa shape index (κ3) is 5.41. The van der Waals surface area contributed by atoms with Gasteiger partial charge < -0.3 is 0 Å². The summed E-state index contributed by atoms with van der Waals surface area (Å²) in [5.74, 6) is 1.27. The number of aromatic nitrogens is 3. The van der Waals surface area contributed by atoms with Gasteiger partial charge in [-0.1, -0.05) is 32.6 Å². The maximum absolute atomic E-state index is 13.6. The van der Waals surface area contributed by atoms with Crippen LogP contribution in [0, 0.1) is 18.8 Å². The Morgan fingerprint density at radius 3 is 2.57 bits per heavy atom. The molecule has 6 heteroatoms. The summed E-state index contributed by atoms with van der Waals surface area (Å²) in [5.41, 5.74) is 1.97. The first-order valence-electron chi connectivity index (χ1n) is 10.6. The molecule has 0 unspecified atom stereocenters. The van der Waals surface area contributed by atoms with Crippen molar-refractivity contribution < 1.29 is 13.2 Å². The highest BCUT2D eigenvalue weighted by Crippen LogP contribution is 2.38. The fourth-order valence-electron chi connectivity index (χ4n) is 4.18. The zero-order valence-corrected chi connectivity index (χ0v) is 17.9. The highest BCUT2D eigenvalue weighted by atomic mass is 19.4. The van der Waals surface area contributed by atoms with Crippen molar-refractivity contribution in [2.24, 2.45) is 11.8 Å². The largest absolute Gasteiger partial charge is 0.435 e. The van der Waals surface area contributed by atoms with Crippen LogP contribution in [0.3, 0.4) is 0 Å². The van der Waals surface area contributed by atoms with E-state index in [1.807, 2.05) is 19.1 Å². The quantitative estimate of drug-likeness (QED) is 0.501. The Kier molecular flexibility index (Phi) is 6.84. The Morgan fingerprint density at radius 1 is 1.27 bits per heavy atom. The van der Waals surface area contributed by atoms with Gasteiger partial charge in [0.05, 0.1) is 6.04 Å². The Hall–Kier alpha value is -2.37. The lowest BCUT2D eigenvalue weighted by molar-refractivity contribution is -0.141. The highest BCUT2D eigenvalue weighted by molar-refractivity contribution is 5.66. The maximum atomic E-state index is 13.6. The molecule has 0 atom stereocenters. The first-order valence-corrected chi connectivity index (χ1v) is 10.6. The fourth-order valence-corrected chi connectivity index (χ4v) is 4.18. The van der Waals surface area contributed by atoms with Crippen molar-refractivity contribution >= 4 is 11.6 Å². The molecule has 2 aromatic rings. The average molecular weight is 418 g/mol. The molecule has 0 N–H and O–H groups in total. The van der Waals surface area contributed by atoms with Crippen LogP contribution in [-0.4, -0.2) is 14.8 Å². The van der Waals surface area contributed by atoms with E-state index >= 15 is 0 Å². The molecule has 2 heterocycles. The molecule has 0 radical (unpaired) electrons. The van der Waals surface area contributed by atoms with Gasteiger partial charge >= 0.3 is 6.18 Å². The highest BCUT2D eigenvalue weighted by Gasteiger charge is 2.37. The van der Waals surface area contributed by atoms with E-state index in [4.69, 9.17) is 0 Å². The number of hydrogen-bond acceptors (Lipinski definition) is 2. The molecule has 0 spiro atoms. The monoisotopic (exact) mass is 417 g/mol. The van der Waals surface area contributed by atoms with E-state index in [1.165, 1.54) is 6.08 Å². The van der Waals surface area contributed by atoms with E-state index in [0.29, 0.717) is 18.3 Å². The Labute approximate surface area is 176 Å². The predicted octanol–water partition coefficient (Wildman–Crippen LogP) is 7.11. The predicted molar refractivity (Wildman–Crippen MR) is 115 cm³/mol. The van der Waals surface area contributed by atoms with E-state index in [9.17, 15) is 13.2 Å². The van der Waals surface area contributed by atoms with Crippen LogP contribution < -0.4 is 0 Å². The molecule has 1 fully saturated rings. The molecule has 3 rings (SSSR count). The Balaban J connectivity index is 1.74. The van der Waals surface area contributed by atoms with E-state index in [-0.39, 0.29) is 11.6 Å². The molecule has 1 aliphatic rings. The molecule has 0 bridgehead atoms. The topological polar surface area (TPSA) is 30.7 Å². The number of rotatable bonds is 6. The van der Waals surface area contributed by atoms with Crippen LogP contribution in [0.25, 0.3) is 11.6 Å². The maximum Gasteiger partial charge on any atom is 0.435 e. The lowest BCUT2D eigenvalue weighted by Gasteiger charge is -2.30. The summed E-state index contributed by atoms with van der Waals surface area (Å²) in [7, 11) is 0. The summed E-state index contributed by atoms with van der Waals surface area (Å²) >= 11 is 0. The normalized spacial score (nSPS) is 20.2. The van der Waals surface area contributed by atoms with Gasteiger partial charge in [0.1, 0.15) is 0 Å². The molecular formula is C24H30F3N3. The third-order valence-corrected chi connectivity index (χ3v) is 6.05. The second kappa shape index (κ2) is 9.19. The van der Waals surface area contributed by atoms with Crippen LogP contribution in [0.1, 0.15) is 74.5 Å². The lowest BCUT2D eigenvalue weighted by atomic mass is 9.80. The van der Waals surface area contributed by atoms with Gasteiger partial charge in [0, 0.05) is 23.7 Å². The summed E-state index contributed by atoms with van der Waals surface area (Å²) in [6.45, 7) is 10.4. The molecule has 30 heavy (non-hydrogen) atoms. The minimum absolute atomic E-state index is 0.0398. The average Bonchev–Trinajstić information content (AvgIpc) is 3.12. The summed E-state index contributed by atoms with van der Waals surface area (Å²) in [5, 5.41) is 3.95. The number of nitrogens with zero attached hydrogens (tertiary/aromatic N) is 3. The van der Waals surface area contributed by atoms with E-state index in [2.05, 4.69) is 30.5 Å². The summed E-state index contributed by atoms with van der Waals surface area (Å²) in [4.78, 5) is 4.15. The van der Waals surface area contributed by atoms with Crippen LogP contribution in [0.5, 0.6) is 0 Å². The Morgan fingerprint density at radius 2 is 1.97 bits per heavy atom. The zero-order chi connectivity index (χ0) is 21.9. The fraction of sp³-hybridized carbons (Fsp3) is 0.500. The van der Waals surface area contributed by atoms with Crippen LogP contribution in [0.15, 0.2) is 37.2 Å². The number of hydrogen-bond donors (Lipinski definition) is 0. The van der Waals surface area contributed by atoms with Crippen molar-refractivity contribution in [3.8, 4) is 0 Å². The van der Waals surface area contributed by atoms with E-state index < -0.39 is 11.9 Å². The number of alkyl halides is 3. The van der Waals surface area contributed by atoms with Crippen molar-refractivity contribution in [1.82, 2.24) is 14.8 Å². The van der Waals surface area contributed by atoms with Gasteiger partial charge in [-0.05, 0) is 74.1 Å². The van der Waals surface area contributed by atoms with Crippen molar-refractivity contribution in [3.05, 3.63) is 59.7 Å². The van der Waals surface area contributed by atoms with Gasteiger partial charge in [-0.25, -0.2) is 0 Å². The summed E-state index contributed by atoms with van der Waals surface area (Å²) < 4.78 is 42.2. The molecular weight excluding hydrogens is 387 g/mol. The van der Waals surface area contributed by atoms with Crippen molar-refractivity contribution in [2.75, 3.05) is 0 Å². The molecule has 1 aliphatic carbocycles. The molecule has 162 valence electrons. The first kappa shape index (κ1) is 22.3. The standard InChI is InChI=1S/C24H30F3N3/c1-16(2)19-8-10-22(11-9-19)30-15-21(23(29-30)24(25,26)27)7-5-6-17(3)20-12-13-28-18(4)14-20/h5,7,12-16,19,22H,3,6,8-11H2,1-2,4H3/b7-5+. The minimum Gasteiger partial charge on any atom is -0.268 e. The zero-order valence-electron chi connectivity index (χ0n) is 17.9. The van der Waals surface area contributed by atoms with Gasteiger partial charge in [0.25, 0.3) is 0 Å². The number of pyridine rings is 1. The number of halogens is 3. The smallest absolute Gasteiger partial charge is 0.268 e. The molecule has 1 saturated carbocycles. The van der Waals surface area contributed by atoms with Gasteiger partial charge in [0.2, 0.25) is 0 Å². The van der Waals surface area contributed by atoms with Gasteiger partial charge in [-0.15, -0.1) is 0 Å². The Bertz CT molecular complexity index is 901. The van der Waals surface area contributed by atoms with Crippen LogP contribution in [0.4, 0.5) is 13.2 Å². The second-order valence-electron chi connectivity index (χ2n) is 8.62. The van der Waals surface area contributed by atoms with Crippen LogP contribution >= 0.6 is 0 Å². The van der Waals surface area contributed by atoms with Gasteiger partial charge in [-0.3, -0.25) is 9.67 Å². The van der Waals surface area contributed by atoms with Gasteiger partial charge in [0.15, 0.2) is 5.69 Å². The number of aryl methyl sites for hydroxylation is 1. The second-order valence-corrected chi connectivity index (χ2v) is 8.62. The van der Waals surface area contributed by atoms with Crippen LogP contribution in [-0.2, 0) is 6.18 Å². The summed E-state index contributed by atoms with van der Waals surface area (Å²) in [6, 6.07) is 3.82. The van der Waals surface area contributed by atoms with Crippen molar-refractivity contribution in [3.63, 3.8) is 0 Å². The van der Waals surface area contributed by atoms with Crippen molar-refractivity contribution in [2.45, 2.75) is 65.1 Å². The van der Waals surface area contributed by atoms with Crippen molar-refractivity contribution in [1.29, 1.82) is 0 Å². The van der Waals surface area contributed by atoms with E-state index in [1.54, 1.807) is 23.2 Å². The summed E-state index contributed by atoms with van der Waals surface area (Å²) in [6.07, 6.45) is 6.34. The third-order valence-electron chi connectivity index (χ3n) is 6.05. The first-order chi connectivity index (χ1) is 14.1. The molecule has 3 nitrogen and oxygen atoms in total. The molecule has 0 saturated heterocycles. The van der Waals surface area contributed by atoms with Gasteiger partial charge in [-0.2, -0.15) is 18.3 Å². The molecule has 0 aliphatic heterocycles. The van der Waals surface area contributed by atoms with E-state index in [0.717, 1.165) is 42.5 Å². The minimum atomic E-state index is -4.47. The SMILES string of the molecule is C=C(C/C=C/c1cn(C2CCC(C(C)C)CC2)nc1C(F)(F)F)c1ccnc(C)c1.